The number of nitrogens with zero attached hydrogens (tertiary/aromatic N) is 2. The first-order chi connectivity index (χ1) is 8.66. The predicted octanol–water partition coefficient (Wildman–Crippen LogP) is 3.20. The van der Waals surface area contributed by atoms with Crippen molar-refractivity contribution in [2.75, 3.05) is 5.73 Å². The molecule has 3 aromatic rings. The molecule has 3 nitrogen and oxygen atoms in total. The smallest absolute Gasteiger partial charge is 0.160 e. The van der Waals surface area contributed by atoms with Crippen LogP contribution in [0.5, 0.6) is 0 Å². The first-order valence-electron chi connectivity index (χ1n) is 5.97. The number of imidazole rings is 1. The molecule has 0 aliphatic carbocycles. The fourth-order valence-electron chi connectivity index (χ4n) is 2.19. The van der Waals surface area contributed by atoms with Crippen LogP contribution >= 0.6 is 0 Å². The topological polar surface area (TPSA) is 43.3 Å². The third kappa shape index (κ3) is 1.56. The van der Waals surface area contributed by atoms with Crippen LogP contribution in [0.4, 0.5) is 5.69 Å². The highest BCUT2D eigenvalue weighted by atomic mass is 15.0. The molecule has 2 aromatic heterocycles. The van der Waals surface area contributed by atoms with Gasteiger partial charge in [0.1, 0.15) is 0 Å². The van der Waals surface area contributed by atoms with E-state index in [0.717, 1.165) is 22.6 Å². The van der Waals surface area contributed by atoms with Crippen LogP contribution in [0.1, 0.15) is 11.3 Å². The van der Waals surface area contributed by atoms with E-state index in [2.05, 4.69) is 43.1 Å². The molecule has 0 spiro atoms. The number of anilines is 1. The van der Waals surface area contributed by atoms with Crippen LogP contribution in [0.15, 0.2) is 42.6 Å². The third-order valence-electron chi connectivity index (χ3n) is 3.24. The van der Waals surface area contributed by atoms with Crippen molar-refractivity contribution in [1.82, 2.24) is 9.38 Å². The average molecular weight is 237 g/mol. The molecule has 0 unspecified atom stereocenters. The van der Waals surface area contributed by atoms with Gasteiger partial charge in [0.15, 0.2) is 5.65 Å². The Balaban J connectivity index is 2.27. The van der Waals surface area contributed by atoms with Gasteiger partial charge in [0.25, 0.3) is 0 Å². The van der Waals surface area contributed by atoms with E-state index in [1.807, 2.05) is 22.7 Å². The van der Waals surface area contributed by atoms with Gasteiger partial charge in [0, 0.05) is 17.5 Å². The van der Waals surface area contributed by atoms with Gasteiger partial charge in [0.2, 0.25) is 0 Å². The van der Waals surface area contributed by atoms with Crippen molar-refractivity contribution >= 4 is 11.3 Å². The van der Waals surface area contributed by atoms with Crippen molar-refractivity contribution in [3.63, 3.8) is 0 Å². The summed E-state index contributed by atoms with van der Waals surface area (Å²) in [5.74, 6) is 0. The van der Waals surface area contributed by atoms with E-state index >= 15 is 0 Å². The van der Waals surface area contributed by atoms with Gasteiger partial charge in [-0.05, 0) is 26.0 Å². The van der Waals surface area contributed by atoms with Crippen LogP contribution in [-0.2, 0) is 0 Å². The molecule has 0 radical (unpaired) electrons. The second kappa shape index (κ2) is 3.88. The summed E-state index contributed by atoms with van der Waals surface area (Å²) in [6.07, 6.45) is 1.99. The highest BCUT2D eigenvalue weighted by Gasteiger charge is 2.11. The Kier molecular flexibility index (Phi) is 2.33. The van der Waals surface area contributed by atoms with E-state index in [9.17, 15) is 0 Å². The minimum atomic E-state index is 0.707. The molecular weight excluding hydrogens is 222 g/mol. The summed E-state index contributed by atoms with van der Waals surface area (Å²) in [7, 11) is 0. The standard InChI is InChI=1S/C15H15N3/c1-10-5-7-12(8-6-10)14-11(2)18-9-3-4-13(16)15(18)17-14/h3-9H,16H2,1-2H3. The van der Waals surface area contributed by atoms with Crippen molar-refractivity contribution in [3.05, 3.63) is 53.9 Å². The number of fused-ring (bicyclic) bond motifs is 1. The van der Waals surface area contributed by atoms with E-state index < -0.39 is 0 Å². The zero-order valence-electron chi connectivity index (χ0n) is 10.5. The lowest BCUT2D eigenvalue weighted by atomic mass is 10.1. The number of nitrogens with two attached hydrogens (primary N) is 1. The summed E-state index contributed by atoms with van der Waals surface area (Å²) in [4.78, 5) is 4.65. The van der Waals surface area contributed by atoms with Gasteiger partial charge in [0.05, 0.1) is 11.4 Å². The highest BCUT2D eigenvalue weighted by molar-refractivity contribution is 5.73. The molecule has 0 bridgehead atoms. The monoisotopic (exact) mass is 237 g/mol. The first kappa shape index (κ1) is 10.8. The van der Waals surface area contributed by atoms with Crippen molar-refractivity contribution in [2.24, 2.45) is 0 Å². The lowest BCUT2D eigenvalue weighted by Gasteiger charge is -2.00. The summed E-state index contributed by atoms with van der Waals surface area (Å²) in [6, 6.07) is 12.2. The quantitative estimate of drug-likeness (QED) is 0.706. The molecule has 0 aliphatic heterocycles. The van der Waals surface area contributed by atoms with Crippen molar-refractivity contribution in [2.45, 2.75) is 13.8 Å². The van der Waals surface area contributed by atoms with Crippen LogP contribution in [0.2, 0.25) is 0 Å². The summed E-state index contributed by atoms with van der Waals surface area (Å²) in [6.45, 7) is 4.15. The maximum absolute atomic E-state index is 5.96. The van der Waals surface area contributed by atoms with E-state index in [1.165, 1.54) is 5.56 Å². The SMILES string of the molecule is Cc1ccc(-c2nc3c(N)cccn3c2C)cc1. The van der Waals surface area contributed by atoms with Crippen LogP contribution in [0, 0.1) is 13.8 Å². The molecule has 3 rings (SSSR count). The fourth-order valence-corrected chi connectivity index (χ4v) is 2.19. The fraction of sp³-hybridized carbons (Fsp3) is 0.133. The van der Waals surface area contributed by atoms with Gasteiger partial charge in [-0.15, -0.1) is 0 Å². The molecular formula is C15H15N3. The molecule has 90 valence electrons. The zero-order valence-corrected chi connectivity index (χ0v) is 10.5. The van der Waals surface area contributed by atoms with Gasteiger partial charge in [-0.25, -0.2) is 4.98 Å². The summed E-state index contributed by atoms with van der Waals surface area (Å²) < 4.78 is 2.03. The Morgan fingerprint density at radius 1 is 1.06 bits per heavy atom. The van der Waals surface area contributed by atoms with Crippen LogP contribution in [0.25, 0.3) is 16.9 Å². The van der Waals surface area contributed by atoms with Crippen LogP contribution < -0.4 is 5.73 Å². The van der Waals surface area contributed by atoms with E-state index in [0.29, 0.717) is 5.69 Å². The molecule has 18 heavy (non-hydrogen) atoms. The van der Waals surface area contributed by atoms with Gasteiger partial charge in [-0.2, -0.15) is 0 Å². The number of pyridine rings is 1. The van der Waals surface area contributed by atoms with E-state index in [1.54, 1.807) is 0 Å². The summed E-state index contributed by atoms with van der Waals surface area (Å²) in [5, 5.41) is 0. The van der Waals surface area contributed by atoms with Crippen LogP contribution in [0.3, 0.4) is 0 Å². The number of aromatic nitrogens is 2. The number of benzene rings is 1. The van der Waals surface area contributed by atoms with Crippen LogP contribution in [-0.4, -0.2) is 9.38 Å². The molecule has 1 aromatic carbocycles. The minimum Gasteiger partial charge on any atom is -0.396 e. The molecule has 0 fully saturated rings. The Labute approximate surface area is 106 Å². The Bertz CT molecular complexity index is 708. The Hall–Kier alpha value is -2.29. The molecule has 3 heteroatoms. The number of aryl methyl sites for hydroxylation is 2. The summed E-state index contributed by atoms with van der Waals surface area (Å²) >= 11 is 0. The molecule has 0 saturated heterocycles. The molecule has 2 N–H and O–H groups in total. The van der Waals surface area contributed by atoms with Gasteiger partial charge < -0.3 is 10.1 Å². The number of hydrogen-bond donors (Lipinski definition) is 1. The predicted molar refractivity (Wildman–Crippen MR) is 74.5 cm³/mol. The number of nitrogen functional groups attached to an aromatic ring is 1. The molecule has 0 aliphatic rings. The number of rotatable bonds is 1. The third-order valence-corrected chi connectivity index (χ3v) is 3.24. The second-order valence-corrected chi connectivity index (χ2v) is 4.57. The lowest BCUT2D eigenvalue weighted by molar-refractivity contribution is 1.11. The maximum Gasteiger partial charge on any atom is 0.160 e. The zero-order chi connectivity index (χ0) is 12.7. The molecule has 2 heterocycles. The average Bonchev–Trinajstić information content (AvgIpc) is 2.70. The minimum absolute atomic E-state index is 0.707. The normalized spacial score (nSPS) is 11.0. The van der Waals surface area contributed by atoms with Gasteiger partial charge in [-0.3, -0.25) is 0 Å². The largest absolute Gasteiger partial charge is 0.396 e. The van der Waals surface area contributed by atoms with Crippen molar-refractivity contribution in [1.29, 1.82) is 0 Å². The van der Waals surface area contributed by atoms with Gasteiger partial charge in [-0.1, -0.05) is 29.8 Å². The van der Waals surface area contributed by atoms with Gasteiger partial charge >= 0.3 is 0 Å². The van der Waals surface area contributed by atoms with E-state index in [-0.39, 0.29) is 0 Å². The lowest BCUT2D eigenvalue weighted by Crippen LogP contribution is -1.92. The molecule has 0 atom stereocenters. The summed E-state index contributed by atoms with van der Waals surface area (Å²) in [5.41, 5.74) is 12.0. The molecule has 0 amide bonds. The number of hydrogen-bond acceptors (Lipinski definition) is 2. The first-order valence-corrected chi connectivity index (χ1v) is 5.97. The highest BCUT2D eigenvalue weighted by Crippen LogP contribution is 2.26. The van der Waals surface area contributed by atoms with Crippen molar-refractivity contribution in [3.8, 4) is 11.3 Å². The second-order valence-electron chi connectivity index (χ2n) is 4.57. The Morgan fingerprint density at radius 2 is 1.78 bits per heavy atom. The van der Waals surface area contributed by atoms with E-state index in [4.69, 9.17) is 5.73 Å². The Morgan fingerprint density at radius 3 is 2.44 bits per heavy atom. The van der Waals surface area contributed by atoms with Crippen molar-refractivity contribution < 1.29 is 0 Å². The molecule has 0 saturated carbocycles. The maximum atomic E-state index is 5.96.